The summed E-state index contributed by atoms with van der Waals surface area (Å²) in [5, 5.41) is 14.5. The molecule has 112 valence electrons. The van der Waals surface area contributed by atoms with Crippen LogP contribution in [0, 0.1) is 18.2 Å². The number of rotatable bonds is 6. The molecule has 1 aromatic rings. The summed E-state index contributed by atoms with van der Waals surface area (Å²) in [5.74, 6) is -0.320. The molecule has 4 nitrogen and oxygen atoms in total. The van der Waals surface area contributed by atoms with E-state index in [9.17, 15) is 9.18 Å². The van der Waals surface area contributed by atoms with E-state index in [0.29, 0.717) is 17.8 Å². The van der Waals surface area contributed by atoms with Crippen LogP contribution in [-0.2, 0) is 0 Å². The number of hydrogen-bond donors (Lipinski definition) is 3. The molecule has 0 aliphatic carbocycles. The second-order valence-electron chi connectivity index (χ2n) is 5.77. The van der Waals surface area contributed by atoms with Crippen LogP contribution in [-0.4, -0.2) is 24.3 Å². The van der Waals surface area contributed by atoms with Gasteiger partial charge in [0.05, 0.1) is 0 Å². The molecule has 2 amide bonds. The zero-order chi connectivity index (χ0) is 15.2. The number of nitrogens with one attached hydrogen (secondary N) is 2. The summed E-state index contributed by atoms with van der Waals surface area (Å²) < 4.78 is 12.9. The molecule has 0 saturated carbocycles. The Kier molecular flexibility index (Phi) is 5.95. The monoisotopic (exact) mass is 282 g/mol. The molecular weight excluding hydrogens is 259 g/mol. The zero-order valence-corrected chi connectivity index (χ0v) is 12.3. The van der Waals surface area contributed by atoms with Gasteiger partial charge in [-0.25, -0.2) is 9.18 Å². The summed E-state index contributed by atoms with van der Waals surface area (Å²) in [6, 6.07) is 3.92. The highest BCUT2D eigenvalue weighted by atomic mass is 19.1. The third-order valence-corrected chi connectivity index (χ3v) is 3.18. The molecule has 0 bridgehead atoms. The molecule has 0 aromatic heterocycles. The third-order valence-electron chi connectivity index (χ3n) is 3.18. The number of carbonyl (C=O) groups excluding carboxylic acids is 1. The van der Waals surface area contributed by atoms with Gasteiger partial charge in [0, 0.05) is 18.8 Å². The van der Waals surface area contributed by atoms with Gasteiger partial charge in [-0.2, -0.15) is 0 Å². The van der Waals surface area contributed by atoms with Gasteiger partial charge in [-0.3, -0.25) is 0 Å². The molecule has 0 heterocycles. The van der Waals surface area contributed by atoms with Crippen LogP contribution in [0.3, 0.4) is 0 Å². The molecule has 0 spiro atoms. The lowest BCUT2D eigenvalue weighted by atomic mass is 9.89. The summed E-state index contributed by atoms with van der Waals surface area (Å²) >= 11 is 0. The van der Waals surface area contributed by atoms with E-state index >= 15 is 0 Å². The minimum absolute atomic E-state index is 0.119. The van der Waals surface area contributed by atoms with Gasteiger partial charge in [0.25, 0.3) is 0 Å². The first-order valence-corrected chi connectivity index (χ1v) is 6.76. The number of amides is 2. The Hall–Kier alpha value is -1.62. The summed E-state index contributed by atoms with van der Waals surface area (Å²) in [5.41, 5.74) is 1.16. The number of aryl methyl sites for hydroxylation is 1. The summed E-state index contributed by atoms with van der Waals surface area (Å²) in [7, 11) is 0. The van der Waals surface area contributed by atoms with Crippen molar-refractivity contribution in [3.63, 3.8) is 0 Å². The van der Waals surface area contributed by atoms with Gasteiger partial charge in [-0.1, -0.05) is 13.8 Å². The topological polar surface area (TPSA) is 61.4 Å². The van der Waals surface area contributed by atoms with E-state index in [4.69, 9.17) is 5.11 Å². The number of aliphatic hydroxyl groups excluding tert-OH is 1. The van der Waals surface area contributed by atoms with Gasteiger partial charge in [-0.05, 0) is 48.9 Å². The summed E-state index contributed by atoms with van der Waals surface area (Å²) in [6.07, 6.45) is 1.63. The molecular formula is C15H23FN2O2. The molecule has 5 heteroatoms. The predicted molar refractivity (Wildman–Crippen MR) is 78.3 cm³/mol. The second-order valence-corrected chi connectivity index (χ2v) is 5.77. The van der Waals surface area contributed by atoms with Crippen molar-refractivity contribution in [1.29, 1.82) is 0 Å². The molecule has 0 fully saturated rings. The third kappa shape index (κ3) is 5.57. The Balaban J connectivity index is 2.34. The van der Waals surface area contributed by atoms with Crippen LogP contribution >= 0.6 is 0 Å². The van der Waals surface area contributed by atoms with Crippen molar-refractivity contribution in [2.45, 2.75) is 33.6 Å². The van der Waals surface area contributed by atoms with Crippen molar-refractivity contribution in [2.24, 2.45) is 5.41 Å². The molecule has 1 rings (SSSR count). The van der Waals surface area contributed by atoms with Gasteiger partial charge < -0.3 is 15.7 Å². The lowest BCUT2D eigenvalue weighted by Crippen LogP contribution is -2.30. The van der Waals surface area contributed by atoms with Crippen LogP contribution in [0.1, 0.15) is 32.3 Å². The molecule has 0 aliphatic rings. The maximum Gasteiger partial charge on any atom is 0.319 e. The first kappa shape index (κ1) is 16.4. The fraction of sp³-hybridized carbons (Fsp3) is 0.533. The summed E-state index contributed by atoms with van der Waals surface area (Å²) in [4.78, 5) is 11.7. The standard InChI is InChI=1S/C15H23FN2O2/c1-11-9-12(16)5-6-13(11)18-14(20)17-8-4-7-15(2,3)10-19/h5-6,9,19H,4,7-8,10H2,1-3H3,(H2,17,18,20). The van der Waals surface area contributed by atoms with Gasteiger partial charge in [-0.15, -0.1) is 0 Å². The van der Waals surface area contributed by atoms with Gasteiger partial charge in [0.15, 0.2) is 0 Å². The van der Waals surface area contributed by atoms with Crippen molar-refractivity contribution in [1.82, 2.24) is 5.32 Å². The lowest BCUT2D eigenvalue weighted by Gasteiger charge is -2.21. The van der Waals surface area contributed by atoms with Gasteiger partial charge >= 0.3 is 6.03 Å². The highest BCUT2D eigenvalue weighted by Gasteiger charge is 2.15. The highest BCUT2D eigenvalue weighted by Crippen LogP contribution is 2.20. The number of halogens is 1. The van der Waals surface area contributed by atoms with Crippen molar-refractivity contribution in [3.05, 3.63) is 29.6 Å². The van der Waals surface area contributed by atoms with Crippen LogP contribution in [0.25, 0.3) is 0 Å². The molecule has 0 unspecified atom stereocenters. The fourth-order valence-corrected chi connectivity index (χ4v) is 1.78. The van der Waals surface area contributed by atoms with Gasteiger partial charge in [0.2, 0.25) is 0 Å². The van der Waals surface area contributed by atoms with E-state index in [0.717, 1.165) is 12.8 Å². The highest BCUT2D eigenvalue weighted by molar-refractivity contribution is 5.89. The van der Waals surface area contributed by atoms with Crippen molar-refractivity contribution in [2.75, 3.05) is 18.5 Å². The minimum Gasteiger partial charge on any atom is -0.396 e. The Morgan fingerprint density at radius 2 is 2.10 bits per heavy atom. The van der Waals surface area contributed by atoms with Crippen LogP contribution in [0.4, 0.5) is 14.9 Å². The van der Waals surface area contributed by atoms with Crippen LogP contribution in [0.5, 0.6) is 0 Å². The number of urea groups is 1. The van der Waals surface area contributed by atoms with Crippen molar-refractivity contribution < 1.29 is 14.3 Å². The second kappa shape index (κ2) is 7.24. The maximum atomic E-state index is 12.9. The van der Waals surface area contributed by atoms with Crippen molar-refractivity contribution >= 4 is 11.7 Å². The average molecular weight is 282 g/mol. The number of hydrogen-bond acceptors (Lipinski definition) is 2. The SMILES string of the molecule is Cc1cc(F)ccc1NC(=O)NCCCC(C)(C)CO. The van der Waals surface area contributed by atoms with Crippen LogP contribution in [0.15, 0.2) is 18.2 Å². The van der Waals surface area contributed by atoms with E-state index in [-0.39, 0.29) is 23.9 Å². The van der Waals surface area contributed by atoms with E-state index in [1.807, 2.05) is 13.8 Å². The molecule has 20 heavy (non-hydrogen) atoms. The molecule has 3 N–H and O–H groups in total. The minimum atomic E-state index is -0.320. The molecule has 1 aromatic carbocycles. The van der Waals surface area contributed by atoms with E-state index in [1.165, 1.54) is 12.1 Å². The smallest absolute Gasteiger partial charge is 0.319 e. The Morgan fingerprint density at radius 1 is 1.40 bits per heavy atom. The number of anilines is 1. The zero-order valence-electron chi connectivity index (χ0n) is 12.3. The average Bonchev–Trinajstić information content (AvgIpc) is 2.38. The molecule has 0 radical (unpaired) electrons. The van der Waals surface area contributed by atoms with E-state index < -0.39 is 0 Å². The van der Waals surface area contributed by atoms with Crippen molar-refractivity contribution in [3.8, 4) is 0 Å². The Morgan fingerprint density at radius 3 is 2.70 bits per heavy atom. The number of aliphatic hydroxyl groups is 1. The normalized spacial score (nSPS) is 11.2. The lowest BCUT2D eigenvalue weighted by molar-refractivity contribution is 0.148. The molecule has 0 atom stereocenters. The first-order valence-electron chi connectivity index (χ1n) is 6.76. The van der Waals surface area contributed by atoms with Crippen LogP contribution < -0.4 is 10.6 Å². The first-order chi connectivity index (χ1) is 9.34. The molecule has 0 aliphatic heterocycles. The molecule has 0 saturated heterocycles. The van der Waals surface area contributed by atoms with E-state index in [1.54, 1.807) is 13.0 Å². The Labute approximate surface area is 119 Å². The predicted octanol–water partition coefficient (Wildman–Crippen LogP) is 3.05. The maximum absolute atomic E-state index is 12.9. The fourth-order valence-electron chi connectivity index (χ4n) is 1.78. The largest absolute Gasteiger partial charge is 0.396 e. The quantitative estimate of drug-likeness (QED) is 0.702. The Bertz CT molecular complexity index is 461. The van der Waals surface area contributed by atoms with E-state index in [2.05, 4.69) is 10.6 Å². The number of benzene rings is 1. The summed E-state index contributed by atoms with van der Waals surface area (Å²) in [6.45, 7) is 6.37. The van der Waals surface area contributed by atoms with Gasteiger partial charge in [0.1, 0.15) is 5.82 Å². The van der Waals surface area contributed by atoms with Crippen LogP contribution in [0.2, 0.25) is 0 Å². The number of carbonyl (C=O) groups is 1.